The average Bonchev–Trinajstić information content (AvgIpc) is 2.76. The number of benzene rings is 2. The third-order valence-electron chi connectivity index (χ3n) is 3.83. The van der Waals surface area contributed by atoms with Gasteiger partial charge in [0, 0.05) is 6.07 Å². The zero-order chi connectivity index (χ0) is 21.3. The lowest BCUT2D eigenvalue weighted by Gasteiger charge is -2.11. The SMILES string of the molecule is CCOc1cc(/C=N\Nc2ccc([N+](=O)[O-])cn2)ccc1OC(=O)c1ccccc1. The van der Waals surface area contributed by atoms with Gasteiger partial charge >= 0.3 is 5.97 Å². The molecule has 2 aromatic carbocycles. The molecule has 0 saturated heterocycles. The number of hydrogen-bond acceptors (Lipinski definition) is 8. The topological polar surface area (TPSA) is 116 Å². The Morgan fingerprint density at radius 2 is 1.97 bits per heavy atom. The zero-order valence-corrected chi connectivity index (χ0v) is 16.0. The normalized spacial score (nSPS) is 10.6. The van der Waals surface area contributed by atoms with Crippen molar-refractivity contribution in [3.63, 3.8) is 0 Å². The van der Waals surface area contributed by atoms with Crippen LogP contribution in [-0.4, -0.2) is 28.7 Å². The summed E-state index contributed by atoms with van der Waals surface area (Å²) in [6.45, 7) is 2.22. The molecule has 0 unspecified atom stereocenters. The van der Waals surface area contributed by atoms with Crippen LogP contribution in [0.4, 0.5) is 11.5 Å². The molecule has 0 spiro atoms. The lowest BCUT2D eigenvalue weighted by molar-refractivity contribution is -0.385. The van der Waals surface area contributed by atoms with Crippen LogP contribution >= 0.6 is 0 Å². The first-order valence-corrected chi connectivity index (χ1v) is 9.00. The summed E-state index contributed by atoms with van der Waals surface area (Å²) >= 11 is 0. The molecule has 0 aliphatic heterocycles. The summed E-state index contributed by atoms with van der Waals surface area (Å²) < 4.78 is 11.0. The molecule has 0 aliphatic carbocycles. The van der Waals surface area contributed by atoms with Gasteiger partial charge in [-0.2, -0.15) is 5.10 Å². The van der Waals surface area contributed by atoms with Crippen LogP contribution in [0, 0.1) is 10.1 Å². The molecule has 0 bridgehead atoms. The predicted molar refractivity (Wildman–Crippen MR) is 111 cm³/mol. The smallest absolute Gasteiger partial charge is 0.343 e. The minimum atomic E-state index is -0.526. The number of anilines is 1. The van der Waals surface area contributed by atoms with Crippen LogP contribution in [-0.2, 0) is 0 Å². The van der Waals surface area contributed by atoms with Crippen LogP contribution in [0.25, 0.3) is 0 Å². The number of nitrogens with zero attached hydrogens (tertiary/aromatic N) is 3. The number of pyridine rings is 1. The Labute approximate surface area is 172 Å². The number of esters is 1. The van der Waals surface area contributed by atoms with E-state index in [1.165, 1.54) is 18.3 Å². The fourth-order valence-corrected chi connectivity index (χ4v) is 2.42. The number of hydrogen-bond donors (Lipinski definition) is 1. The van der Waals surface area contributed by atoms with Gasteiger partial charge in [0.2, 0.25) is 0 Å². The molecule has 0 fully saturated rings. The molecule has 152 valence electrons. The van der Waals surface area contributed by atoms with Crippen molar-refractivity contribution in [1.29, 1.82) is 0 Å². The van der Waals surface area contributed by atoms with Crippen LogP contribution < -0.4 is 14.9 Å². The number of nitrogens with one attached hydrogen (secondary N) is 1. The van der Waals surface area contributed by atoms with E-state index in [0.29, 0.717) is 35.1 Å². The van der Waals surface area contributed by atoms with Crippen LogP contribution in [0.2, 0.25) is 0 Å². The van der Waals surface area contributed by atoms with Crippen molar-refractivity contribution in [2.45, 2.75) is 6.92 Å². The fraction of sp³-hybridized carbons (Fsp3) is 0.0952. The van der Waals surface area contributed by atoms with E-state index in [2.05, 4.69) is 15.5 Å². The average molecular weight is 406 g/mol. The number of hydrazone groups is 1. The summed E-state index contributed by atoms with van der Waals surface area (Å²) in [6, 6.07) is 16.5. The Balaban J connectivity index is 1.70. The van der Waals surface area contributed by atoms with Gasteiger partial charge in [-0.1, -0.05) is 18.2 Å². The third-order valence-corrected chi connectivity index (χ3v) is 3.83. The van der Waals surface area contributed by atoms with E-state index in [1.54, 1.807) is 42.5 Å². The van der Waals surface area contributed by atoms with Crippen LogP contribution in [0.15, 0.2) is 72.0 Å². The Hall–Kier alpha value is -4.27. The quantitative estimate of drug-likeness (QED) is 0.197. The monoisotopic (exact) mass is 406 g/mol. The second-order valence-electron chi connectivity index (χ2n) is 5.92. The molecule has 0 saturated carbocycles. The summed E-state index contributed by atoms with van der Waals surface area (Å²) in [5.74, 6) is 0.575. The highest BCUT2D eigenvalue weighted by atomic mass is 16.6. The minimum absolute atomic E-state index is 0.105. The van der Waals surface area contributed by atoms with Gasteiger partial charge in [0.05, 0.1) is 23.3 Å². The molecule has 0 radical (unpaired) electrons. The van der Waals surface area contributed by atoms with E-state index in [0.717, 1.165) is 6.20 Å². The van der Waals surface area contributed by atoms with Gasteiger partial charge in [-0.3, -0.25) is 15.5 Å². The van der Waals surface area contributed by atoms with Crippen molar-refractivity contribution in [2.75, 3.05) is 12.0 Å². The summed E-state index contributed by atoms with van der Waals surface area (Å²) in [5, 5.41) is 14.7. The minimum Gasteiger partial charge on any atom is -0.490 e. The van der Waals surface area contributed by atoms with Gasteiger partial charge in [-0.25, -0.2) is 9.78 Å². The van der Waals surface area contributed by atoms with Crippen molar-refractivity contribution in [2.24, 2.45) is 5.10 Å². The molecule has 1 heterocycles. The van der Waals surface area contributed by atoms with Gasteiger partial charge in [0.15, 0.2) is 11.5 Å². The van der Waals surface area contributed by atoms with Crippen molar-refractivity contribution in [1.82, 2.24) is 4.98 Å². The third kappa shape index (κ3) is 5.38. The van der Waals surface area contributed by atoms with E-state index < -0.39 is 10.9 Å². The first-order valence-electron chi connectivity index (χ1n) is 9.00. The van der Waals surface area contributed by atoms with E-state index >= 15 is 0 Å². The zero-order valence-electron chi connectivity index (χ0n) is 16.0. The number of rotatable bonds is 8. The maximum absolute atomic E-state index is 12.3. The molecule has 1 aromatic heterocycles. The molecule has 9 heteroatoms. The van der Waals surface area contributed by atoms with Crippen molar-refractivity contribution in [3.05, 3.63) is 88.1 Å². The lowest BCUT2D eigenvalue weighted by Crippen LogP contribution is -2.09. The van der Waals surface area contributed by atoms with Crippen molar-refractivity contribution in [3.8, 4) is 11.5 Å². The Bertz CT molecular complexity index is 1050. The Morgan fingerprint density at radius 3 is 2.63 bits per heavy atom. The van der Waals surface area contributed by atoms with Crippen molar-refractivity contribution < 1.29 is 19.2 Å². The van der Waals surface area contributed by atoms with Gasteiger partial charge in [0.25, 0.3) is 5.69 Å². The first-order chi connectivity index (χ1) is 14.6. The van der Waals surface area contributed by atoms with Gasteiger partial charge < -0.3 is 9.47 Å². The Kier molecular flexibility index (Phi) is 6.67. The standard InChI is InChI=1S/C21H18N4O5/c1-2-29-19-12-15(13-23-24-20-11-9-17(14-22-20)25(27)28)8-10-18(19)30-21(26)16-6-4-3-5-7-16/h3-14H,2H2,1H3,(H,22,24)/b23-13-. The number of carbonyl (C=O) groups excluding carboxylic acids is 1. The molecule has 0 atom stereocenters. The largest absolute Gasteiger partial charge is 0.490 e. The summed E-state index contributed by atoms with van der Waals surface area (Å²) in [4.78, 5) is 26.3. The van der Waals surface area contributed by atoms with Crippen LogP contribution in [0.1, 0.15) is 22.8 Å². The Morgan fingerprint density at radius 1 is 1.17 bits per heavy atom. The molecular formula is C21H18N4O5. The highest BCUT2D eigenvalue weighted by Crippen LogP contribution is 2.29. The van der Waals surface area contributed by atoms with Gasteiger partial charge in [-0.15, -0.1) is 0 Å². The summed E-state index contributed by atoms with van der Waals surface area (Å²) in [5.41, 5.74) is 3.71. The maximum atomic E-state index is 12.3. The summed E-state index contributed by atoms with van der Waals surface area (Å²) in [7, 11) is 0. The molecule has 1 N–H and O–H groups in total. The molecule has 3 rings (SSSR count). The molecule has 0 amide bonds. The second-order valence-corrected chi connectivity index (χ2v) is 5.92. The molecule has 0 aliphatic rings. The van der Waals surface area contributed by atoms with Crippen LogP contribution in [0.5, 0.6) is 11.5 Å². The van der Waals surface area contributed by atoms with Crippen LogP contribution in [0.3, 0.4) is 0 Å². The molecule has 9 nitrogen and oxygen atoms in total. The highest BCUT2D eigenvalue weighted by molar-refractivity contribution is 5.91. The molecule has 3 aromatic rings. The number of aromatic nitrogens is 1. The predicted octanol–water partition coefficient (Wildman–Crippen LogP) is 4.05. The first kappa shape index (κ1) is 20.5. The van der Waals surface area contributed by atoms with Gasteiger partial charge in [-0.05, 0) is 48.9 Å². The fourth-order valence-electron chi connectivity index (χ4n) is 2.42. The van der Waals surface area contributed by atoms with E-state index in [4.69, 9.17) is 9.47 Å². The maximum Gasteiger partial charge on any atom is 0.343 e. The van der Waals surface area contributed by atoms with Gasteiger partial charge in [0.1, 0.15) is 12.0 Å². The van der Waals surface area contributed by atoms with Crippen molar-refractivity contribution >= 4 is 23.7 Å². The number of carbonyl (C=O) groups is 1. The van der Waals surface area contributed by atoms with E-state index in [9.17, 15) is 14.9 Å². The molecule has 30 heavy (non-hydrogen) atoms. The van der Waals surface area contributed by atoms with E-state index in [-0.39, 0.29) is 5.69 Å². The molecular weight excluding hydrogens is 388 g/mol. The summed E-state index contributed by atoms with van der Waals surface area (Å²) in [6.07, 6.45) is 2.66. The number of ether oxygens (including phenoxy) is 2. The second kappa shape index (κ2) is 9.78. The highest BCUT2D eigenvalue weighted by Gasteiger charge is 2.13. The lowest BCUT2D eigenvalue weighted by atomic mass is 10.2. The number of nitro groups is 1. The van der Waals surface area contributed by atoms with E-state index in [1.807, 2.05) is 13.0 Å².